The van der Waals surface area contributed by atoms with Gasteiger partial charge in [-0.25, -0.2) is 4.79 Å². The molecule has 22 heavy (non-hydrogen) atoms. The van der Waals surface area contributed by atoms with Gasteiger partial charge in [-0.05, 0) is 35.2 Å². The molecule has 1 fully saturated rings. The van der Waals surface area contributed by atoms with Crippen LogP contribution in [-0.2, 0) is 16.8 Å². The minimum absolute atomic E-state index is 0.299. The fourth-order valence-corrected chi connectivity index (χ4v) is 3.65. The first-order valence-electron chi connectivity index (χ1n) is 7.11. The number of fused-ring (bicyclic) bond motifs is 3. The summed E-state index contributed by atoms with van der Waals surface area (Å²) >= 11 is 5.98. The van der Waals surface area contributed by atoms with Crippen LogP contribution >= 0.6 is 11.6 Å². The zero-order chi connectivity index (χ0) is 15.3. The molecule has 1 saturated heterocycles. The number of carbonyl (C=O) groups excluding carboxylic acids is 2. The van der Waals surface area contributed by atoms with Crippen LogP contribution in [-0.4, -0.2) is 23.4 Å². The van der Waals surface area contributed by atoms with Crippen LogP contribution in [0.2, 0.25) is 5.02 Å². The lowest BCUT2D eigenvalue weighted by Crippen LogP contribution is -2.51. The number of amides is 3. The monoisotopic (exact) mass is 312 g/mol. The Hall–Kier alpha value is -2.33. The lowest BCUT2D eigenvalue weighted by molar-refractivity contribution is -0.125. The smallest absolute Gasteiger partial charge is 0.301 e. The van der Waals surface area contributed by atoms with Crippen LogP contribution in [0.15, 0.2) is 48.5 Å². The number of benzene rings is 2. The lowest BCUT2D eigenvalue weighted by atomic mass is 9.76. The van der Waals surface area contributed by atoms with Gasteiger partial charge in [0.15, 0.2) is 5.54 Å². The molecule has 0 radical (unpaired) electrons. The molecule has 2 aromatic rings. The Kier molecular flexibility index (Phi) is 2.78. The van der Waals surface area contributed by atoms with Gasteiger partial charge in [-0.15, -0.1) is 0 Å². The van der Waals surface area contributed by atoms with Crippen molar-refractivity contribution in [2.75, 3.05) is 6.54 Å². The normalized spacial score (nSPS) is 23.0. The predicted molar refractivity (Wildman–Crippen MR) is 82.6 cm³/mol. The molecule has 4 nitrogen and oxygen atoms in total. The largest absolute Gasteiger partial charge is 0.325 e. The third-order valence-corrected chi connectivity index (χ3v) is 4.72. The van der Waals surface area contributed by atoms with E-state index in [1.165, 1.54) is 0 Å². The van der Waals surface area contributed by atoms with E-state index in [0.717, 1.165) is 23.1 Å². The number of urea groups is 1. The zero-order valence-electron chi connectivity index (χ0n) is 11.7. The van der Waals surface area contributed by atoms with Gasteiger partial charge in [-0.3, -0.25) is 10.1 Å². The number of halogens is 1. The lowest BCUT2D eigenvalue weighted by Gasteiger charge is -2.41. The molecule has 0 bridgehead atoms. The molecule has 0 saturated carbocycles. The molecule has 2 aromatic carbocycles. The number of carbonyl (C=O) groups is 2. The summed E-state index contributed by atoms with van der Waals surface area (Å²) in [5.41, 5.74) is 1.63. The van der Waals surface area contributed by atoms with Gasteiger partial charge in [-0.2, -0.15) is 0 Å². The Morgan fingerprint density at radius 1 is 1.05 bits per heavy atom. The molecule has 2 aliphatic heterocycles. The SMILES string of the molecule is O=C1NC(=O)[C@@]2(c3ccc(Cl)cc3)c3ccccc3CCN12. The van der Waals surface area contributed by atoms with Crippen LogP contribution in [0.25, 0.3) is 0 Å². The number of hydrogen-bond acceptors (Lipinski definition) is 2. The summed E-state index contributed by atoms with van der Waals surface area (Å²) in [5, 5.41) is 3.07. The van der Waals surface area contributed by atoms with E-state index in [2.05, 4.69) is 5.32 Å². The Balaban J connectivity index is 2.04. The average molecular weight is 313 g/mol. The third-order valence-electron chi connectivity index (χ3n) is 4.47. The van der Waals surface area contributed by atoms with Gasteiger partial charge >= 0.3 is 6.03 Å². The fourth-order valence-electron chi connectivity index (χ4n) is 3.52. The van der Waals surface area contributed by atoms with E-state index in [0.29, 0.717) is 11.6 Å². The van der Waals surface area contributed by atoms with Crippen molar-refractivity contribution in [3.63, 3.8) is 0 Å². The van der Waals surface area contributed by atoms with E-state index < -0.39 is 5.54 Å². The Morgan fingerprint density at radius 3 is 2.55 bits per heavy atom. The summed E-state index contributed by atoms with van der Waals surface area (Å²) < 4.78 is 0. The highest BCUT2D eigenvalue weighted by atomic mass is 35.5. The van der Waals surface area contributed by atoms with E-state index in [-0.39, 0.29) is 11.9 Å². The van der Waals surface area contributed by atoms with E-state index in [4.69, 9.17) is 11.6 Å². The minimum Gasteiger partial charge on any atom is -0.301 e. The molecule has 1 atom stereocenters. The molecule has 0 unspecified atom stereocenters. The molecule has 110 valence electrons. The van der Waals surface area contributed by atoms with Crippen LogP contribution < -0.4 is 5.32 Å². The first-order valence-corrected chi connectivity index (χ1v) is 7.49. The number of nitrogens with one attached hydrogen (secondary N) is 1. The van der Waals surface area contributed by atoms with E-state index in [9.17, 15) is 9.59 Å². The Morgan fingerprint density at radius 2 is 1.77 bits per heavy atom. The second-order valence-electron chi connectivity index (χ2n) is 5.54. The molecular weight excluding hydrogens is 300 g/mol. The van der Waals surface area contributed by atoms with Gasteiger partial charge in [0.2, 0.25) is 0 Å². The third kappa shape index (κ3) is 1.58. The van der Waals surface area contributed by atoms with E-state index >= 15 is 0 Å². The zero-order valence-corrected chi connectivity index (χ0v) is 12.4. The van der Waals surface area contributed by atoms with Crippen LogP contribution in [0.4, 0.5) is 4.79 Å². The quantitative estimate of drug-likeness (QED) is 0.823. The van der Waals surface area contributed by atoms with Crippen LogP contribution in [0, 0.1) is 0 Å². The van der Waals surface area contributed by atoms with Crippen molar-refractivity contribution in [2.45, 2.75) is 12.0 Å². The van der Waals surface area contributed by atoms with Crippen molar-refractivity contribution in [1.82, 2.24) is 10.2 Å². The maximum absolute atomic E-state index is 12.8. The summed E-state index contributed by atoms with van der Waals surface area (Å²) in [4.78, 5) is 26.7. The van der Waals surface area contributed by atoms with Crippen LogP contribution in [0.1, 0.15) is 16.7 Å². The van der Waals surface area contributed by atoms with Crippen LogP contribution in [0.3, 0.4) is 0 Å². The van der Waals surface area contributed by atoms with E-state index in [1.54, 1.807) is 17.0 Å². The highest BCUT2D eigenvalue weighted by molar-refractivity contribution is 6.30. The molecule has 0 spiro atoms. The minimum atomic E-state index is -1.09. The first-order chi connectivity index (χ1) is 10.6. The first kappa shape index (κ1) is 13.3. The highest BCUT2D eigenvalue weighted by Crippen LogP contribution is 2.44. The molecule has 5 heteroatoms. The van der Waals surface area contributed by atoms with Crippen molar-refractivity contribution in [2.24, 2.45) is 0 Å². The maximum Gasteiger partial charge on any atom is 0.325 e. The van der Waals surface area contributed by atoms with Gasteiger partial charge in [0, 0.05) is 11.6 Å². The molecule has 2 heterocycles. The molecule has 3 amide bonds. The second-order valence-corrected chi connectivity index (χ2v) is 5.97. The van der Waals surface area contributed by atoms with Gasteiger partial charge < -0.3 is 4.90 Å². The molecule has 4 rings (SSSR count). The molecule has 0 aromatic heterocycles. The van der Waals surface area contributed by atoms with Gasteiger partial charge in [0.1, 0.15) is 0 Å². The summed E-state index contributed by atoms with van der Waals surface area (Å²) in [5.74, 6) is -0.299. The molecule has 1 N–H and O–H groups in total. The van der Waals surface area contributed by atoms with Crippen LogP contribution in [0.5, 0.6) is 0 Å². The van der Waals surface area contributed by atoms with Gasteiger partial charge in [-0.1, -0.05) is 48.0 Å². The van der Waals surface area contributed by atoms with Gasteiger partial charge in [0.05, 0.1) is 0 Å². The Labute approximate surface area is 132 Å². The molecular formula is C17H13ClN2O2. The maximum atomic E-state index is 12.8. The fraction of sp³-hybridized carbons (Fsp3) is 0.176. The number of rotatable bonds is 1. The molecule has 2 aliphatic rings. The average Bonchev–Trinajstić information content (AvgIpc) is 2.80. The highest BCUT2D eigenvalue weighted by Gasteiger charge is 2.57. The topological polar surface area (TPSA) is 49.4 Å². The number of hydrogen-bond donors (Lipinski definition) is 1. The van der Waals surface area contributed by atoms with Crippen molar-refractivity contribution in [3.8, 4) is 0 Å². The van der Waals surface area contributed by atoms with Gasteiger partial charge in [0.25, 0.3) is 5.91 Å². The Bertz CT molecular complexity index is 788. The molecule has 0 aliphatic carbocycles. The van der Waals surface area contributed by atoms with Crippen molar-refractivity contribution in [3.05, 3.63) is 70.2 Å². The predicted octanol–water partition coefficient (Wildman–Crippen LogP) is 2.69. The summed E-state index contributed by atoms with van der Waals surface area (Å²) in [6.07, 6.45) is 0.742. The second kappa shape index (κ2) is 4.58. The standard InChI is InChI=1S/C17H13ClN2O2/c18-13-7-5-12(6-8-13)17-14-4-2-1-3-11(14)9-10-20(17)16(22)19-15(17)21/h1-8H,9-10H2,(H,19,21,22)/t17-/m1/s1. The summed E-state index contributed by atoms with van der Waals surface area (Å²) in [6.45, 7) is 0.511. The number of nitrogens with zero attached hydrogens (tertiary/aromatic N) is 1. The van der Waals surface area contributed by atoms with E-state index in [1.807, 2.05) is 36.4 Å². The van der Waals surface area contributed by atoms with Crippen molar-refractivity contribution >= 4 is 23.5 Å². The summed E-state index contributed by atoms with van der Waals surface area (Å²) in [6, 6.07) is 14.6. The summed E-state index contributed by atoms with van der Waals surface area (Å²) in [7, 11) is 0. The number of imide groups is 1. The van der Waals surface area contributed by atoms with Crippen molar-refractivity contribution < 1.29 is 9.59 Å². The van der Waals surface area contributed by atoms with Crippen molar-refractivity contribution in [1.29, 1.82) is 0 Å².